The van der Waals surface area contributed by atoms with E-state index in [-0.39, 0.29) is 0 Å². The normalized spacial score (nSPS) is 10.3. The molecule has 0 aliphatic heterocycles. The Morgan fingerprint density at radius 1 is 1.40 bits per heavy atom. The first kappa shape index (κ1) is 9.77. The van der Waals surface area contributed by atoms with Crippen LogP contribution in [-0.4, -0.2) is 9.55 Å². The van der Waals surface area contributed by atoms with Gasteiger partial charge in [-0.2, -0.15) is 0 Å². The molecule has 0 amide bonds. The van der Waals surface area contributed by atoms with Crippen molar-refractivity contribution in [2.75, 3.05) is 5.32 Å². The lowest BCUT2D eigenvalue weighted by molar-refractivity contribution is 0.837. The third-order valence-corrected chi connectivity index (χ3v) is 2.41. The van der Waals surface area contributed by atoms with Crippen LogP contribution in [-0.2, 0) is 13.6 Å². The first-order chi connectivity index (χ1) is 7.25. The van der Waals surface area contributed by atoms with Gasteiger partial charge in [0.25, 0.3) is 0 Å². The lowest BCUT2D eigenvalue weighted by atomic mass is 10.2. The Balaban J connectivity index is 2.02. The molecule has 0 saturated heterocycles. The highest BCUT2D eigenvalue weighted by Gasteiger charge is 1.97. The summed E-state index contributed by atoms with van der Waals surface area (Å²) in [5.41, 5.74) is 3.60. The Bertz CT molecular complexity index is 446. The lowest BCUT2D eigenvalue weighted by Crippen LogP contribution is -2.03. The van der Waals surface area contributed by atoms with Crippen LogP contribution >= 0.6 is 0 Å². The molecular formula is C12H15N3. The highest BCUT2D eigenvalue weighted by Crippen LogP contribution is 2.10. The average molecular weight is 201 g/mol. The fourth-order valence-corrected chi connectivity index (χ4v) is 1.50. The monoisotopic (exact) mass is 201 g/mol. The summed E-state index contributed by atoms with van der Waals surface area (Å²) in [6, 6.07) is 8.36. The van der Waals surface area contributed by atoms with Gasteiger partial charge in [-0.25, -0.2) is 4.98 Å². The van der Waals surface area contributed by atoms with Crippen molar-refractivity contribution in [3.05, 3.63) is 48.0 Å². The van der Waals surface area contributed by atoms with E-state index < -0.39 is 0 Å². The van der Waals surface area contributed by atoms with E-state index in [1.165, 1.54) is 11.3 Å². The molecule has 3 nitrogen and oxygen atoms in total. The minimum absolute atomic E-state index is 0.806. The standard InChI is InChI=1S/C12H15N3/c1-10-4-3-5-11(6-10)14-8-12-7-13-9-15(12)2/h3-7,9,14H,8H2,1-2H3. The van der Waals surface area contributed by atoms with Crippen molar-refractivity contribution in [1.29, 1.82) is 0 Å². The molecule has 0 radical (unpaired) electrons. The lowest BCUT2D eigenvalue weighted by Gasteiger charge is -2.07. The average Bonchev–Trinajstić information content (AvgIpc) is 2.61. The molecule has 1 aromatic heterocycles. The first-order valence-electron chi connectivity index (χ1n) is 5.01. The molecule has 15 heavy (non-hydrogen) atoms. The number of hydrogen-bond acceptors (Lipinski definition) is 2. The van der Waals surface area contributed by atoms with Crippen molar-refractivity contribution in [2.24, 2.45) is 7.05 Å². The molecule has 0 spiro atoms. The summed E-state index contributed by atoms with van der Waals surface area (Å²) in [7, 11) is 2.00. The minimum Gasteiger partial charge on any atom is -0.379 e. The SMILES string of the molecule is Cc1cccc(NCc2cncn2C)c1. The van der Waals surface area contributed by atoms with Crippen molar-refractivity contribution >= 4 is 5.69 Å². The Labute approximate surface area is 89.8 Å². The molecule has 2 rings (SSSR count). The van der Waals surface area contributed by atoms with Gasteiger partial charge in [-0.3, -0.25) is 0 Å². The summed E-state index contributed by atoms with van der Waals surface area (Å²) in [6.45, 7) is 2.90. The van der Waals surface area contributed by atoms with Gasteiger partial charge in [0.05, 0.1) is 18.6 Å². The molecule has 2 aromatic rings. The number of hydrogen-bond donors (Lipinski definition) is 1. The van der Waals surface area contributed by atoms with E-state index in [2.05, 4.69) is 41.5 Å². The zero-order chi connectivity index (χ0) is 10.7. The number of anilines is 1. The second kappa shape index (κ2) is 4.17. The topological polar surface area (TPSA) is 29.9 Å². The van der Waals surface area contributed by atoms with Gasteiger partial charge in [0.2, 0.25) is 0 Å². The van der Waals surface area contributed by atoms with E-state index in [1.54, 1.807) is 0 Å². The number of aryl methyl sites for hydroxylation is 2. The highest BCUT2D eigenvalue weighted by molar-refractivity contribution is 5.45. The zero-order valence-electron chi connectivity index (χ0n) is 9.07. The van der Waals surface area contributed by atoms with Gasteiger partial charge in [-0.1, -0.05) is 12.1 Å². The summed E-state index contributed by atoms with van der Waals surface area (Å²) in [5.74, 6) is 0. The maximum atomic E-state index is 4.07. The van der Waals surface area contributed by atoms with Crippen LogP contribution in [0.2, 0.25) is 0 Å². The minimum atomic E-state index is 0.806. The van der Waals surface area contributed by atoms with Crippen molar-refractivity contribution in [3.8, 4) is 0 Å². The number of imidazole rings is 1. The second-order valence-electron chi connectivity index (χ2n) is 3.72. The summed E-state index contributed by atoms with van der Waals surface area (Å²) >= 11 is 0. The van der Waals surface area contributed by atoms with Gasteiger partial charge in [0.1, 0.15) is 0 Å². The smallest absolute Gasteiger partial charge is 0.0946 e. The van der Waals surface area contributed by atoms with Crippen LogP contribution in [0, 0.1) is 6.92 Å². The summed E-state index contributed by atoms with van der Waals surface area (Å²) in [5, 5.41) is 3.37. The Morgan fingerprint density at radius 3 is 2.93 bits per heavy atom. The van der Waals surface area contributed by atoms with Crippen LogP contribution in [0.15, 0.2) is 36.8 Å². The largest absolute Gasteiger partial charge is 0.379 e. The summed E-state index contributed by atoms with van der Waals surface area (Å²) < 4.78 is 2.02. The quantitative estimate of drug-likeness (QED) is 0.826. The van der Waals surface area contributed by atoms with Gasteiger partial charge in [0.15, 0.2) is 0 Å². The second-order valence-corrected chi connectivity index (χ2v) is 3.72. The molecule has 0 bridgehead atoms. The molecule has 0 saturated carbocycles. The Morgan fingerprint density at radius 2 is 2.27 bits per heavy atom. The zero-order valence-corrected chi connectivity index (χ0v) is 9.07. The molecule has 0 fully saturated rings. The Hall–Kier alpha value is -1.77. The van der Waals surface area contributed by atoms with Crippen molar-refractivity contribution in [2.45, 2.75) is 13.5 Å². The van der Waals surface area contributed by atoms with Gasteiger partial charge in [0, 0.05) is 18.9 Å². The van der Waals surface area contributed by atoms with E-state index >= 15 is 0 Å². The number of rotatable bonds is 3. The molecule has 78 valence electrons. The van der Waals surface area contributed by atoms with E-state index in [4.69, 9.17) is 0 Å². The molecule has 0 aliphatic carbocycles. The van der Waals surface area contributed by atoms with Crippen LogP contribution in [0.3, 0.4) is 0 Å². The van der Waals surface area contributed by atoms with Gasteiger partial charge in [-0.15, -0.1) is 0 Å². The highest BCUT2D eigenvalue weighted by atomic mass is 15.0. The maximum Gasteiger partial charge on any atom is 0.0946 e. The Kier molecular flexibility index (Phi) is 2.72. The fourth-order valence-electron chi connectivity index (χ4n) is 1.50. The van der Waals surface area contributed by atoms with Crippen molar-refractivity contribution < 1.29 is 0 Å². The van der Waals surface area contributed by atoms with Crippen LogP contribution < -0.4 is 5.32 Å². The molecular weight excluding hydrogens is 186 g/mol. The van der Waals surface area contributed by atoms with Gasteiger partial charge in [-0.05, 0) is 24.6 Å². The number of nitrogens with one attached hydrogen (secondary N) is 1. The third-order valence-electron chi connectivity index (χ3n) is 2.41. The van der Waals surface area contributed by atoms with Gasteiger partial charge >= 0.3 is 0 Å². The fraction of sp³-hybridized carbons (Fsp3) is 0.250. The summed E-state index contributed by atoms with van der Waals surface area (Å²) in [6.07, 6.45) is 3.69. The van der Waals surface area contributed by atoms with Crippen LogP contribution in [0.4, 0.5) is 5.69 Å². The molecule has 0 aliphatic rings. The number of aromatic nitrogens is 2. The van der Waals surface area contributed by atoms with Crippen molar-refractivity contribution in [1.82, 2.24) is 9.55 Å². The van der Waals surface area contributed by atoms with E-state index in [0.717, 1.165) is 12.2 Å². The predicted molar refractivity (Wildman–Crippen MR) is 61.7 cm³/mol. The maximum absolute atomic E-state index is 4.07. The molecule has 0 atom stereocenters. The summed E-state index contributed by atoms with van der Waals surface area (Å²) in [4.78, 5) is 4.07. The first-order valence-corrected chi connectivity index (χ1v) is 5.01. The van der Waals surface area contributed by atoms with E-state index in [9.17, 15) is 0 Å². The molecule has 1 heterocycles. The van der Waals surface area contributed by atoms with Crippen molar-refractivity contribution in [3.63, 3.8) is 0 Å². The molecule has 3 heteroatoms. The van der Waals surface area contributed by atoms with Crippen LogP contribution in [0.25, 0.3) is 0 Å². The number of benzene rings is 1. The van der Waals surface area contributed by atoms with E-state index in [1.807, 2.05) is 24.1 Å². The van der Waals surface area contributed by atoms with Crippen LogP contribution in [0.5, 0.6) is 0 Å². The third kappa shape index (κ3) is 2.37. The van der Waals surface area contributed by atoms with Gasteiger partial charge < -0.3 is 9.88 Å². The van der Waals surface area contributed by atoms with Crippen LogP contribution in [0.1, 0.15) is 11.3 Å². The molecule has 1 aromatic carbocycles. The number of nitrogens with zero attached hydrogens (tertiary/aromatic N) is 2. The van der Waals surface area contributed by atoms with E-state index in [0.29, 0.717) is 0 Å². The predicted octanol–water partition coefficient (Wildman–Crippen LogP) is 2.34. The molecule has 0 unspecified atom stereocenters. The molecule has 1 N–H and O–H groups in total.